The van der Waals surface area contributed by atoms with Crippen molar-refractivity contribution in [2.24, 2.45) is 0 Å². The smallest absolute Gasteiger partial charge is 0.408 e. The first kappa shape index (κ1) is 12.5. The summed E-state index contributed by atoms with van der Waals surface area (Å²) >= 11 is 0. The fourth-order valence-electron chi connectivity index (χ4n) is 4.38. The first-order valence-corrected chi connectivity index (χ1v) is 8.88. The Morgan fingerprint density at radius 3 is 2.62 bits per heavy atom. The first-order chi connectivity index (χ1) is 13.8. The van der Waals surface area contributed by atoms with Gasteiger partial charge in [0.05, 0.1) is 23.2 Å². The van der Waals surface area contributed by atoms with Crippen LogP contribution in [0.2, 0.25) is 0 Å². The Morgan fingerprint density at radius 1 is 1.08 bits per heavy atom. The van der Waals surface area contributed by atoms with Gasteiger partial charge in [0.2, 0.25) is 0 Å². The highest BCUT2D eigenvalue weighted by Crippen LogP contribution is 2.44. The molecule has 2 aliphatic heterocycles. The molecule has 130 valence electrons. The SMILES string of the molecule is [2H]C([2H])([2H])N1c2ccccc2N(B2C(C)=Cc3oc4ccccc4c3N2C)[C@H]1C. The Kier molecular flexibility index (Phi) is 2.57. The van der Waals surface area contributed by atoms with Crippen LogP contribution in [0.3, 0.4) is 0 Å². The van der Waals surface area contributed by atoms with E-state index >= 15 is 0 Å². The third kappa shape index (κ3) is 1.91. The maximum absolute atomic E-state index is 8.08. The van der Waals surface area contributed by atoms with Crippen LogP contribution in [-0.4, -0.2) is 27.2 Å². The van der Waals surface area contributed by atoms with E-state index in [9.17, 15) is 0 Å². The summed E-state index contributed by atoms with van der Waals surface area (Å²) in [4.78, 5) is 5.93. The maximum atomic E-state index is 8.08. The van der Waals surface area contributed by atoms with E-state index in [4.69, 9.17) is 8.53 Å². The van der Waals surface area contributed by atoms with Crippen molar-refractivity contribution in [3.63, 3.8) is 0 Å². The third-order valence-electron chi connectivity index (χ3n) is 5.54. The van der Waals surface area contributed by atoms with Gasteiger partial charge >= 0.3 is 6.98 Å². The lowest BCUT2D eigenvalue weighted by Gasteiger charge is -2.40. The number of allylic oxidation sites excluding steroid dienone is 1. The van der Waals surface area contributed by atoms with Crippen LogP contribution in [-0.2, 0) is 0 Å². The molecule has 1 aromatic heterocycles. The molecule has 0 saturated carbocycles. The quantitative estimate of drug-likeness (QED) is 0.600. The largest absolute Gasteiger partial charge is 0.455 e. The number of nitrogens with zero attached hydrogens (tertiary/aromatic N) is 3. The van der Waals surface area contributed by atoms with E-state index < -0.39 is 6.98 Å². The molecule has 0 fully saturated rings. The van der Waals surface area contributed by atoms with Crippen molar-refractivity contribution in [2.45, 2.75) is 20.0 Å². The molecule has 0 spiro atoms. The summed E-state index contributed by atoms with van der Waals surface area (Å²) in [5.41, 5.74) is 4.66. The average Bonchev–Trinajstić information content (AvgIpc) is 3.16. The molecule has 2 aliphatic rings. The van der Waals surface area contributed by atoms with Gasteiger partial charge in [-0.15, -0.1) is 0 Å². The van der Waals surface area contributed by atoms with E-state index in [-0.39, 0.29) is 13.1 Å². The lowest BCUT2D eigenvalue weighted by molar-refractivity contribution is 0.603. The Hall–Kier alpha value is -2.82. The Labute approximate surface area is 158 Å². The molecule has 0 unspecified atom stereocenters. The highest BCUT2D eigenvalue weighted by atomic mass is 16.3. The van der Waals surface area contributed by atoms with E-state index in [2.05, 4.69) is 35.7 Å². The zero-order chi connectivity index (χ0) is 20.5. The third-order valence-corrected chi connectivity index (χ3v) is 5.54. The molecular formula is C21H22BN3O. The lowest BCUT2D eigenvalue weighted by Crippen LogP contribution is -2.58. The minimum absolute atomic E-state index is 0.119. The fraction of sp³-hybridized carbons (Fsp3) is 0.238. The summed E-state index contributed by atoms with van der Waals surface area (Å²) in [5, 5.41) is 1.06. The van der Waals surface area contributed by atoms with E-state index in [1.807, 2.05) is 49.4 Å². The van der Waals surface area contributed by atoms with Crippen molar-refractivity contribution >= 4 is 41.1 Å². The summed E-state index contributed by atoms with van der Waals surface area (Å²) < 4.78 is 30.3. The summed E-state index contributed by atoms with van der Waals surface area (Å²) in [6.07, 6.45) is 1.75. The zero-order valence-corrected chi connectivity index (χ0v) is 15.1. The van der Waals surface area contributed by atoms with Gasteiger partial charge in [-0.1, -0.05) is 29.7 Å². The predicted molar refractivity (Wildman–Crippen MR) is 111 cm³/mol. The van der Waals surface area contributed by atoms with Gasteiger partial charge < -0.3 is 18.9 Å². The fourth-order valence-corrected chi connectivity index (χ4v) is 4.38. The standard InChI is InChI=1S/C21H22BN3O/c1-14-13-20-21(16-9-5-8-12-19(16)26-20)24(4)22(14)25-15(2)23(3)17-10-6-7-11-18(17)25/h5-13,15H,1-4H3/t15-/m0/s1/i3D3. The number of hydrogen-bond donors (Lipinski definition) is 0. The molecule has 0 aliphatic carbocycles. The van der Waals surface area contributed by atoms with E-state index in [1.54, 1.807) is 0 Å². The van der Waals surface area contributed by atoms with E-state index in [0.717, 1.165) is 39.3 Å². The lowest BCUT2D eigenvalue weighted by atomic mass is 9.61. The van der Waals surface area contributed by atoms with Gasteiger partial charge in [0.25, 0.3) is 0 Å². The molecule has 3 heterocycles. The molecular weight excluding hydrogens is 321 g/mol. The van der Waals surface area contributed by atoms with Crippen molar-refractivity contribution in [3.05, 3.63) is 59.8 Å². The van der Waals surface area contributed by atoms with Crippen molar-refractivity contribution in [2.75, 3.05) is 28.5 Å². The second-order valence-electron chi connectivity index (χ2n) is 7.08. The molecule has 3 aromatic rings. The Balaban J connectivity index is 1.66. The summed E-state index contributed by atoms with van der Waals surface area (Å²) in [7, 11) is 2.05. The second-order valence-corrected chi connectivity index (χ2v) is 7.08. The van der Waals surface area contributed by atoms with Crippen LogP contribution in [0.15, 0.2) is 58.4 Å². The number of para-hydroxylation sites is 3. The molecule has 5 heteroatoms. The molecule has 5 rings (SSSR count). The van der Waals surface area contributed by atoms with Gasteiger partial charge in [-0.3, -0.25) is 0 Å². The minimum Gasteiger partial charge on any atom is -0.455 e. The summed E-state index contributed by atoms with van der Waals surface area (Å²) in [6.45, 7) is 1.69. The van der Waals surface area contributed by atoms with Crippen LogP contribution >= 0.6 is 0 Å². The van der Waals surface area contributed by atoms with Crippen LogP contribution < -0.4 is 14.5 Å². The highest BCUT2D eigenvalue weighted by molar-refractivity contribution is 6.76. The maximum Gasteiger partial charge on any atom is 0.408 e. The average molecular weight is 346 g/mol. The number of fused-ring (bicyclic) bond motifs is 4. The van der Waals surface area contributed by atoms with E-state index in [0.29, 0.717) is 0 Å². The second kappa shape index (κ2) is 5.34. The van der Waals surface area contributed by atoms with E-state index in [1.165, 1.54) is 4.90 Å². The summed E-state index contributed by atoms with van der Waals surface area (Å²) in [5.74, 6) is 0.843. The van der Waals surface area contributed by atoms with Crippen LogP contribution in [0.4, 0.5) is 17.1 Å². The molecule has 0 saturated heterocycles. The molecule has 0 bridgehead atoms. The van der Waals surface area contributed by atoms with Gasteiger partial charge in [-0.2, -0.15) is 0 Å². The highest BCUT2D eigenvalue weighted by Gasteiger charge is 2.44. The van der Waals surface area contributed by atoms with Crippen molar-refractivity contribution in [1.82, 2.24) is 0 Å². The van der Waals surface area contributed by atoms with Gasteiger partial charge in [-0.25, -0.2) is 0 Å². The normalized spacial score (nSPS) is 21.3. The van der Waals surface area contributed by atoms with Crippen molar-refractivity contribution in [3.8, 4) is 0 Å². The Morgan fingerprint density at radius 2 is 1.81 bits per heavy atom. The monoisotopic (exact) mass is 346 g/mol. The molecule has 26 heavy (non-hydrogen) atoms. The van der Waals surface area contributed by atoms with Gasteiger partial charge in [0, 0.05) is 16.5 Å². The van der Waals surface area contributed by atoms with Crippen molar-refractivity contribution < 1.29 is 8.53 Å². The minimum atomic E-state index is -2.22. The van der Waals surface area contributed by atoms with Crippen LogP contribution in [0, 0.1) is 0 Å². The number of benzene rings is 2. The van der Waals surface area contributed by atoms with Gasteiger partial charge in [0.1, 0.15) is 11.3 Å². The van der Waals surface area contributed by atoms with Crippen molar-refractivity contribution in [1.29, 1.82) is 0 Å². The number of hydrogen-bond acceptors (Lipinski definition) is 4. The van der Waals surface area contributed by atoms with Crippen LogP contribution in [0.5, 0.6) is 0 Å². The number of furan rings is 1. The Bertz CT molecular complexity index is 1140. The molecule has 2 aromatic carbocycles. The summed E-state index contributed by atoms with van der Waals surface area (Å²) in [6, 6.07) is 15.8. The number of rotatable bonds is 1. The molecule has 4 nitrogen and oxygen atoms in total. The molecule has 0 radical (unpaired) electrons. The van der Waals surface area contributed by atoms with Gasteiger partial charge in [-0.05, 0) is 51.2 Å². The predicted octanol–water partition coefficient (Wildman–Crippen LogP) is 4.62. The van der Waals surface area contributed by atoms with Crippen LogP contribution in [0.25, 0.3) is 17.0 Å². The van der Waals surface area contributed by atoms with Gasteiger partial charge in [0.15, 0.2) is 0 Å². The molecule has 0 N–H and O–H groups in total. The number of anilines is 3. The molecule has 1 atom stereocenters. The van der Waals surface area contributed by atoms with Crippen LogP contribution in [0.1, 0.15) is 23.7 Å². The molecule has 0 amide bonds. The topological polar surface area (TPSA) is 22.9 Å². The first-order valence-electron chi connectivity index (χ1n) is 10.4. The zero-order valence-electron chi connectivity index (χ0n) is 18.1.